The predicted molar refractivity (Wildman–Crippen MR) is 110 cm³/mol. The topological polar surface area (TPSA) is 74.1 Å². The first-order valence-electron chi connectivity index (χ1n) is 9.18. The van der Waals surface area contributed by atoms with Crippen molar-refractivity contribution < 1.29 is 14.3 Å². The molecule has 0 unspecified atom stereocenters. The lowest BCUT2D eigenvalue weighted by Gasteiger charge is -2.09. The van der Waals surface area contributed by atoms with Gasteiger partial charge in [-0.3, -0.25) is 9.59 Å². The normalized spacial score (nSPS) is 10.9. The second kappa shape index (κ2) is 7.31. The molecule has 144 valence electrons. The number of nitrogens with zero attached hydrogens (tertiary/aromatic N) is 3. The average Bonchev–Trinajstić information content (AvgIpc) is 3.05. The van der Waals surface area contributed by atoms with Crippen LogP contribution < -0.4 is 4.74 Å². The second-order valence-electron chi connectivity index (χ2n) is 6.85. The van der Waals surface area contributed by atoms with Crippen molar-refractivity contribution >= 4 is 22.8 Å². The zero-order valence-electron chi connectivity index (χ0n) is 16.3. The Bertz CT molecular complexity index is 1240. The summed E-state index contributed by atoms with van der Waals surface area (Å²) in [5.41, 5.74) is 3.98. The van der Waals surface area contributed by atoms with Crippen molar-refractivity contribution in [3.8, 4) is 11.4 Å². The van der Waals surface area contributed by atoms with Gasteiger partial charge in [-0.25, -0.2) is 9.67 Å². The van der Waals surface area contributed by atoms with Gasteiger partial charge in [0.1, 0.15) is 5.75 Å². The summed E-state index contributed by atoms with van der Waals surface area (Å²) in [6.45, 7) is 5.07. The molecule has 2 heterocycles. The molecule has 2 aromatic carbocycles. The molecule has 0 N–H and O–H groups in total. The number of pyridine rings is 1. The van der Waals surface area contributed by atoms with Gasteiger partial charge in [-0.2, -0.15) is 5.10 Å². The second-order valence-corrected chi connectivity index (χ2v) is 6.85. The summed E-state index contributed by atoms with van der Waals surface area (Å²) in [6.07, 6.45) is 1.53. The van der Waals surface area contributed by atoms with Gasteiger partial charge >= 0.3 is 5.97 Å². The molecule has 0 aliphatic carbocycles. The summed E-state index contributed by atoms with van der Waals surface area (Å²) in [5.74, 6) is -0.493. The zero-order chi connectivity index (χ0) is 20.5. The van der Waals surface area contributed by atoms with Gasteiger partial charge in [-0.15, -0.1) is 0 Å². The maximum absolute atomic E-state index is 13.2. The Morgan fingerprint density at radius 2 is 1.76 bits per heavy atom. The standard InChI is InChI=1S/C23H19N3O3/c1-14-9-10-21(29-16(3)27)20(11-14)22(28)17-12-19-15(2)25-26(23(19)24-13-17)18-7-5-4-6-8-18/h4-13H,1-3H3. The molecule has 29 heavy (non-hydrogen) atoms. The van der Waals surface area contributed by atoms with Crippen molar-refractivity contribution in [1.82, 2.24) is 14.8 Å². The first-order chi connectivity index (χ1) is 13.9. The Hall–Kier alpha value is -3.80. The number of esters is 1. The number of hydrogen-bond donors (Lipinski definition) is 0. The monoisotopic (exact) mass is 385 g/mol. The van der Waals surface area contributed by atoms with E-state index in [0.29, 0.717) is 16.8 Å². The number of carbonyl (C=O) groups is 2. The number of fused-ring (bicyclic) bond motifs is 1. The van der Waals surface area contributed by atoms with E-state index >= 15 is 0 Å². The van der Waals surface area contributed by atoms with E-state index in [4.69, 9.17) is 4.74 Å². The van der Waals surface area contributed by atoms with Gasteiger partial charge in [0.15, 0.2) is 11.4 Å². The first-order valence-corrected chi connectivity index (χ1v) is 9.18. The number of aromatic nitrogens is 3. The van der Waals surface area contributed by atoms with Crippen LogP contribution in [0.5, 0.6) is 5.75 Å². The minimum absolute atomic E-state index is 0.241. The molecule has 0 bridgehead atoms. The Labute approximate surface area is 167 Å². The van der Waals surface area contributed by atoms with E-state index in [1.807, 2.05) is 44.2 Å². The smallest absolute Gasteiger partial charge is 0.308 e. The van der Waals surface area contributed by atoms with E-state index in [1.165, 1.54) is 13.1 Å². The molecule has 0 aliphatic heterocycles. The Balaban J connectivity index is 1.80. The highest BCUT2D eigenvalue weighted by atomic mass is 16.5. The quantitative estimate of drug-likeness (QED) is 0.299. The molecule has 2 aromatic heterocycles. The minimum atomic E-state index is -0.475. The number of ether oxygens (including phenoxy) is 1. The molecule has 0 atom stereocenters. The van der Waals surface area contributed by atoms with Crippen molar-refractivity contribution in [2.45, 2.75) is 20.8 Å². The van der Waals surface area contributed by atoms with Crippen LogP contribution in [0.2, 0.25) is 0 Å². The lowest BCUT2D eigenvalue weighted by Crippen LogP contribution is -2.09. The summed E-state index contributed by atoms with van der Waals surface area (Å²) in [6, 6.07) is 16.6. The third kappa shape index (κ3) is 3.52. The van der Waals surface area contributed by atoms with E-state index < -0.39 is 5.97 Å². The van der Waals surface area contributed by atoms with Crippen molar-refractivity contribution in [3.05, 3.63) is 83.2 Å². The van der Waals surface area contributed by atoms with Crippen molar-refractivity contribution in [3.63, 3.8) is 0 Å². The molecule has 0 fully saturated rings. The zero-order valence-corrected chi connectivity index (χ0v) is 16.3. The number of rotatable bonds is 4. The van der Waals surface area contributed by atoms with Crippen LogP contribution in [0.25, 0.3) is 16.7 Å². The summed E-state index contributed by atoms with van der Waals surface area (Å²) >= 11 is 0. The number of carbonyl (C=O) groups excluding carboxylic acids is 2. The van der Waals surface area contributed by atoms with Crippen LogP contribution in [0.15, 0.2) is 60.8 Å². The fourth-order valence-electron chi connectivity index (χ4n) is 3.24. The number of benzene rings is 2. The summed E-state index contributed by atoms with van der Waals surface area (Å²) in [4.78, 5) is 29.1. The molecular weight excluding hydrogens is 366 g/mol. The fraction of sp³-hybridized carbons (Fsp3) is 0.130. The Kier molecular flexibility index (Phi) is 4.68. The third-order valence-corrected chi connectivity index (χ3v) is 4.60. The van der Waals surface area contributed by atoms with Gasteiger partial charge in [0.05, 0.1) is 16.9 Å². The van der Waals surface area contributed by atoms with Crippen LogP contribution in [0, 0.1) is 13.8 Å². The van der Waals surface area contributed by atoms with Crippen LogP contribution >= 0.6 is 0 Å². The maximum atomic E-state index is 13.2. The Morgan fingerprint density at radius 1 is 1.00 bits per heavy atom. The van der Waals surface area contributed by atoms with Crippen LogP contribution in [0.4, 0.5) is 0 Å². The lowest BCUT2D eigenvalue weighted by atomic mass is 10.0. The molecule has 6 nitrogen and oxygen atoms in total. The van der Waals surface area contributed by atoms with Crippen molar-refractivity contribution in [2.75, 3.05) is 0 Å². The number of hydrogen-bond acceptors (Lipinski definition) is 5. The third-order valence-electron chi connectivity index (χ3n) is 4.60. The van der Waals surface area contributed by atoms with Gasteiger partial charge in [0, 0.05) is 24.1 Å². The molecular formula is C23H19N3O3. The molecule has 4 rings (SSSR count). The highest BCUT2D eigenvalue weighted by Crippen LogP contribution is 2.26. The summed E-state index contributed by atoms with van der Waals surface area (Å²) < 4.78 is 6.98. The predicted octanol–water partition coefficient (Wildman–Crippen LogP) is 4.19. The molecule has 0 saturated heterocycles. The largest absolute Gasteiger partial charge is 0.426 e. The SMILES string of the molecule is CC(=O)Oc1ccc(C)cc1C(=O)c1cnc2c(c1)c(C)nn2-c1ccccc1. The van der Waals surface area contributed by atoms with Gasteiger partial charge in [0.25, 0.3) is 0 Å². The van der Waals surface area contributed by atoms with Crippen LogP contribution in [-0.2, 0) is 4.79 Å². The van der Waals surface area contributed by atoms with Crippen molar-refractivity contribution in [1.29, 1.82) is 0 Å². The summed E-state index contributed by atoms with van der Waals surface area (Å²) in [5, 5.41) is 5.37. The number of aryl methyl sites for hydroxylation is 2. The molecule has 4 aromatic rings. The van der Waals surface area contributed by atoms with E-state index in [-0.39, 0.29) is 11.5 Å². The van der Waals surface area contributed by atoms with Gasteiger partial charge in [0.2, 0.25) is 0 Å². The number of para-hydroxylation sites is 1. The van der Waals surface area contributed by atoms with Gasteiger partial charge in [-0.1, -0.05) is 29.8 Å². The maximum Gasteiger partial charge on any atom is 0.308 e. The van der Waals surface area contributed by atoms with E-state index in [9.17, 15) is 9.59 Å². The molecule has 6 heteroatoms. The first kappa shape index (κ1) is 18.6. The van der Waals surface area contributed by atoms with Crippen molar-refractivity contribution in [2.24, 2.45) is 0 Å². The molecule has 0 radical (unpaired) electrons. The van der Waals surface area contributed by atoms with Crippen LogP contribution in [-0.4, -0.2) is 26.5 Å². The Morgan fingerprint density at radius 3 is 2.48 bits per heavy atom. The minimum Gasteiger partial charge on any atom is -0.426 e. The molecule has 0 spiro atoms. The molecule has 0 amide bonds. The van der Waals surface area contributed by atoms with E-state index in [1.54, 1.807) is 28.9 Å². The summed E-state index contributed by atoms with van der Waals surface area (Å²) in [7, 11) is 0. The molecule has 0 saturated carbocycles. The van der Waals surface area contributed by atoms with E-state index in [0.717, 1.165) is 22.3 Å². The molecule has 0 aliphatic rings. The number of ketones is 1. The van der Waals surface area contributed by atoms with Gasteiger partial charge in [-0.05, 0) is 44.2 Å². The van der Waals surface area contributed by atoms with E-state index in [2.05, 4.69) is 10.1 Å². The lowest BCUT2D eigenvalue weighted by molar-refractivity contribution is -0.131. The average molecular weight is 385 g/mol. The van der Waals surface area contributed by atoms with Crippen LogP contribution in [0.3, 0.4) is 0 Å². The highest BCUT2D eigenvalue weighted by Gasteiger charge is 2.19. The highest BCUT2D eigenvalue weighted by molar-refractivity contribution is 6.12. The van der Waals surface area contributed by atoms with Gasteiger partial charge < -0.3 is 4.74 Å². The van der Waals surface area contributed by atoms with Crippen LogP contribution in [0.1, 0.15) is 34.1 Å². The fourth-order valence-corrected chi connectivity index (χ4v) is 3.24.